The van der Waals surface area contributed by atoms with E-state index < -0.39 is 29.6 Å². The van der Waals surface area contributed by atoms with Gasteiger partial charge in [0.1, 0.15) is 11.6 Å². The molecule has 3 saturated heterocycles. The Balaban J connectivity index is 1.68. The highest BCUT2D eigenvalue weighted by Gasteiger charge is 2.76. The molecule has 6 atom stereocenters. The molecule has 2 bridgehead atoms. The molecule has 3 aliphatic heterocycles. The molecule has 3 aliphatic rings. The average Bonchev–Trinajstić information content (AvgIpc) is 3.59. The molecule has 3 unspecified atom stereocenters. The maximum atomic E-state index is 14.5. The summed E-state index contributed by atoms with van der Waals surface area (Å²) < 4.78 is 6.75. The number of alkyl halides is 1. The van der Waals surface area contributed by atoms with Crippen molar-refractivity contribution in [3.05, 3.63) is 61.2 Å². The van der Waals surface area contributed by atoms with E-state index in [1.807, 2.05) is 35.2 Å². The molecule has 236 valence electrons. The van der Waals surface area contributed by atoms with Crippen LogP contribution in [0, 0.1) is 11.8 Å². The molecule has 0 saturated carbocycles. The lowest BCUT2D eigenvalue weighted by atomic mass is 9.70. The van der Waals surface area contributed by atoms with Crippen molar-refractivity contribution in [1.82, 2.24) is 14.7 Å². The number of halogens is 1. The quantitative estimate of drug-likeness (QED) is 0.140. The lowest BCUT2D eigenvalue weighted by Gasteiger charge is -2.37. The molecule has 0 radical (unpaired) electrons. The number of hydrogen-bond donors (Lipinski definition) is 1. The highest BCUT2D eigenvalue weighted by Crippen LogP contribution is 2.60. The van der Waals surface area contributed by atoms with Gasteiger partial charge in [-0.1, -0.05) is 91.0 Å². The van der Waals surface area contributed by atoms with Gasteiger partial charge < -0.3 is 24.5 Å². The van der Waals surface area contributed by atoms with Crippen LogP contribution in [0.25, 0.3) is 0 Å². The molecule has 8 nitrogen and oxygen atoms in total. The third-order valence-electron chi connectivity index (χ3n) is 9.19. The molecule has 1 aromatic rings. The van der Waals surface area contributed by atoms with Crippen molar-refractivity contribution < 1.29 is 24.2 Å². The topological polar surface area (TPSA) is 90.4 Å². The molecular weight excluding hydrogens is 610 g/mol. The van der Waals surface area contributed by atoms with Gasteiger partial charge in [0, 0.05) is 44.2 Å². The SMILES string of the molecule is C=CCN(CCCCC)C(=O)C1N(CCCCCCO)C(=O)[C@@H]2[C@H](C(=O)N(CC=C)Cc3ccccc3)[C@H]3OC12CC3Br. The number of carbonyl (C=O) groups excluding carboxylic acids is 3. The van der Waals surface area contributed by atoms with E-state index in [-0.39, 0.29) is 29.2 Å². The second kappa shape index (κ2) is 15.5. The van der Waals surface area contributed by atoms with Gasteiger partial charge >= 0.3 is 0 Å². The van der Waals surface area contributed by atoms with Crippen molar-refractivity contribution in [2.75, 3.05) is 32.8 Å². The Hall–Kier alpha value is -2.49. The maximum absolute atomic E-state index is 14.5. The highest BCUT2D eigenvalue weighted by atomic mass is 79.9. The van der Waals surface area contributed by atoms with Crippen LogP contribution in [-0.2, 0) is 25.7 Å². The minimum absolute atomic E-state index is 0.122. The number of amides is 3. The summed E-state index contributed by atoms with van der Waals surface area (Å²) in [4.78, 5) is 48.4. The summed E-state index contributed by atoms with van der Waals surface area (Å²) in [6.45, 7) is 12.2. The summed E-state index contributed by atoms with van der Waals surface area (Å²) in [6.07, 6.45) is 9.46. The Kier molecular flexibility index (Phi) is 12.0. The lowest BCUT2D eigenvalue weighted by molar-refractivity contribution is -0.148. The summed E-state index contributed by atoms with van der Waals surface area (Å²) in [6, 6.07) is 9.00. The van der Waals surface area contributed by atoms with Crippen molar-refractivity contribution in [3.8, 4) is 0 Å². The Morgan fingerprint density at radius 2 is 1.74 bits per heavy atom. The summed E-state index contributed by atoms with van der Waals surface area (Å²) in [5, 5.41) is 9.21. The van der Waals surface area contributed by atoms with Crippen molar-refractivity contribution in [3.63, 3.8) is 0 Å². The first-order valence-electron chi connectivity index (χ1n) is 15.9. The number of aliphatic hydroxyl groups excluding tert-OH is 1. The molecule has 4 rings (SSSR count). The number of rotatable bonds is 18. The van der Waals surface area contributed by atoms with E-state index in [2.05, 4.69) is 36.0 Å². The van der Waals surface area contributed by atoms with Gasteiger partial charge in [-0.15, -0.1) is 13.2 Å². The average molecular weight is 659 g/mol. The molecule has 43 heavy (non-hydrogen) atoms. The fourth-order valence-corrected chi connectivity index (χ4v) is 8.20. The third-order valence-corrected chi connectivity index (χ3v) is 10.0. The zero-order valence-electron chi connectivity index (χ0n) is 25.5. The van der Waals surface area contributed by atoms with Crippen LogP contribution in [0.1, 0.15) is 63.9 Å². The van der Waals surface area contributed by atoms with Crippen LogP contribution in [-0.4, -0.2) is 92.9 Å². The van der Waals surface area contributed by atoms with Gasteiger partial charge in [0.05, 0.1) is 17.9 Å². The molecule has 3 fully saturated rings. The van der Waals surface area contributed by atoms with Gasteiger partial charge in [0.15, 0.2) is 0 Å². The molecule has 0 aromatic heterocycles. The standard InChI is InChI=1S/C34H48BrN3O5/c1-4-7-13-20-36(18-5-2)33(42)30-34-23-26(35)29(43-34)27(28(34)32(41)38(30)21-14-8-9-15-22-39)31(40)37(19-6-3)24-25-16-11-10-12-17-25/h5-6,10-12,16-17,26-30,39H,2-4,7-9,13-15,18-24H2,1H3/t26?,27-,28-,29-,30?,34?/m0/s1. The second-order valence-electron chi connectivity index (χ2n) is 12.1. The maximum Gasteiger partial charge on any atom is 0.248 e. The van der Waals surface area contributed by atoms with Crippen molar-refractivity contribution in [2.24, 2.45) is 11.8 Å². The van der Waals surface area contributed by atoms with Gasteiger partial charge in [-0.3, -0.25) is 14.4 Å². The van der Waals surface area contributed by atoms with Gasteiger partial charge in [0.2, 0.25) is 17.7 Å². The van der Waals surface area contributed by atoms with E-state index in [4.69, 9.17) is 4.74 Å². The number of hydrogen-bond acceptors (Lipinski definition) is 5. The summed E-state index contributed by atoms with van der Waals surface area (Å²) >= 11 is 3.80. The van der Waals surface area contributed by atoms with E-state index in [1.54, 1.807) is 22.0 Å². The first-order chi connectivity index (χ1) is 20.8. The number of aliphatic hydroxyl groups is 1. The van der Waals surface area contributed by atoms with Gasteiger partial charge in [-0.05, 0) is 31.2 Å². The second-order valence-corrected chi connectivity index (χ2v) is 13.3. The van der Waals surface area contributed by atoms with Gasteiger partial charge in [-0.2, -0.15) is 0 Å². The van der Waals surface area contributed by atoms with Crippen LogP contribution in [0.15, 0.2) is 55.6 Å². The minimum Gasteiger partial charge on any atom is -0.396 e. The largest absolute Gasteiger partial charge is 0.396 e. The summed E-state index contributed by atoms with van der Waals surface area (Å²) in [5.41, 5.74) is -0.0795. The first-order valence-corrected chi connectivity index (χ1v) is 16.8. The van der Waals surface area contributed by atoms with E-state index in [0.29, 0.717) is 52.0 Å². The van der Waals surface area contributed by atoms with E-state index >= 15 is 0 Å². The van der Waals surface area contributed by atoms with E-state index in [9.17, 15) is 19.5 Å². The number of unbranched alkanes of at least 4 members (excludes halogenated alkanes) is 5. The zero-order valence-corrected chi connectivity index (χ0v) is 27.1. The van der Waals surface area contributed by atoms with Crippen molar-refractivity contribution >= 4 is 33.7 Å². The van der Waals surface area contributed by atoms with Crippen LogP contribution in [0.2, 0.25) is 0 Å². The van der Waals surface area contributed by atoms with Crippen LogP contribution in [0.4, 0.5) is 0 Å². The Morgan fingerprint density at radius 1 is 1.05 bits per heavy atom. The summed E-state index contributed by atoms with van der Waals surface area (Å²) in [7, 11) is 0. The normalized spacial score (nSPS) is 27.3. The van der Waals surface area contributed by atoms with Crippen LogP contribution in [0.3, 0.4) is 0 Å². The zero-order chi connectivity index (χ0) is 31.0. The van der Waals surface area contributed by atoms with E-state index in [0.717, 1.165) is 37.7 Å². The van der Waals surface area contributed by atoms with E-state index in [1.165, 1.54) is 0 Å². The Morgan fingerprint density at radius 3 is 2.42 bits per heavy atom. The molecule has 1 spiro atoms. The number of fused-ring (bicyclic) bond motifs is 1. The van der Waals surface area contributed by atoms with Crippen LogP contribution < -0.4 is 0 Å². The molecule has 9 heteroatoms. The first kappa shape index (κ1) is 33.4. The van der Waals surface area contributed by atoms with Crippen molar-refractivity contribution in [2.45, 2.75) is 87.4 Å². The van der Waals surface area contributed by atoms with Crippen molar-refractivity contribution in [1.29, 1.82) is 0 Å². The Bertz CT molecular complexity index is 1130. The molecule has 3 heterocycles. The predicted octanol–water partition coefficient (Wildman–Crippen LogP) is 4.71. The number of carbonyl (C=O) groups is 3. The number of ether oxygens (including phenoxy) is 1. The Labute approximate surface area is 265 Å². The minimum atomic E-state index is -1.07. The lowest BCUT2D eigenvalue weighted by Crippen LogP contribution is -2.57. The number of likely N-dealkylation sites (tertiary alicyclic amines) is 1. The highest BCUT2D eigenvalue weighted by molar-refractivity contribution is 9.09. The smallest absolute Gasteiger partial charge is 0.248 e. The van der Waals surface area contributed by atoms with Gasteiger partial charge in [0.25, 0.3) is 0 Å². The predicted molar refractivity (Wildman–Crippen MR) is 171 cm³/mol. The fraction of sp³-hybridized carbons (Fsp3) is 0.618. The fourth-order valence-electron chi connectivity index (χ4n) is 7.25. The molecule has 3 amide bonds. The van der Waals surface area contributed by atoms with Crippen LogP contribution >= 0.6 is 15.9 Å². The number of benzene rings is 1. The number of nitrogens with zero attached hydrogens (tertiary/aromatic N) is 3. The third kappa shape index (κ3) is 6.94. The summed E-state index contributed by atoms with van der Waals surface area (Å²) in [5.74, 6) is -1.85. The molecular formula is C34H48BrN3O5. The molecule has 1 aromatic carbocycles. The van der Waals surface area contributed by atoms with Crippen LogP contribution in [0.5, 0.6) is 0 Å². The van der Waals surface area contributed by atoms with Gasteiger partial charge in [-0.25, -0.2) is 0 Å². The molecule has 1 N–H and O–H groups in total. The molecule has 0 aliphatic carbocycles. The monoisotopic (exact) mass is 657 g/mol.